The lowest BCUT2D eigenvalue weighted by molar-refractivity contribution is 0.669. The molecule has 244 valence electrons. The molecule has 0 spiro atoms. The van der Waals surface area contributed by atoms with Gasteiger partial charge in [-0.05, 0) is 92.5 Å². The predicted octanol–water partition coefficient (Wildman–Crippen LogP) is 14.4. The van der Waals surface area contributed by atoms with Crippen LogP contribution in [0.5, 0.6) is 0 Å². The first-order chi connectivity index (χ1) is 25.8. The monoisotopic (exact) mass is 663 g/mol. The van der Waals surface area contributed by atoms with E-state index in [0.717, 1.165) is 50.1 Å². The van der Waals surface area contributed by atoms with E-state index in [2.05, 4.69) is 205 Å². The molecule has 0 fully saturated rings. The molecule has 52 heavy (non-hydrogen) atoms. The molecule has 0 aliphatic heterocycles. The minimum Gasteiger partial charge on any atom is -0.456 e. The minimum atomic E-state index is 0.890. The average molecular weight is 664 g/mol. The Morgan fingerprint density at radius 3 is 1.73 bits per heavy atom. The molecule has 0 aliphatic carbocycles. The van der Waals surface area contributed by atoms with Crippen LogP contribution >= 0.6 is 0 Å². The molecule has 1 heterocycles. The first-order valence-electron chi connectivity index (χ1n) is 17.8. The van der Waals surface area contributed by atoms with Gasteiger partial charge in [0, 0.05) is 27.4 Å². The van der Waals surface area contributed by atoms with Crippen molar-refractivity contribution in [2.24, 2.45) is 0 Å². The largest absolute Gasteiger partial charge is 0.456 e. The number of hydrogen-bond donors (Lipinski definition) is 0. The normalized spacial score (nSPS) is 11.5. The molecule has 1 aromatic heterocycles. The SMILES string of the molecule is c1ccc(-c2ccc(N(c3ccccc3-c3ccc4oc5cc6ccccc6cc5c4c3)c3cccc4ccccc34)cc2-c2ccccc2)cc1. The fourth-order valence-electron chi connectivity index (χ4n) is 7.75. The second-order valence-electron chi connectivity index (χ2n) is 13.3. The van der Waals surface area contributed by atoms with Crippen molar-refractivity contribution in [2.75, 3.05) is 4.90 Å². The summed E-state index contributed by atoms with van der Waals surface area (Å²) >= 11 is 0. The molecule has 0 atom stereocenters. The summed E-state index contributed by atoms with van der Waals surface area (Å²) in [6, 6.07) is 71.8. The van der Waals surface area contributed by atoms with Crippen LogP contribution in [0, 0.1) is 0 Å². The Morgan fingerprint density at radius 1 is 0.308 bits per heavy atom. The van der Waals surface area contributed by atoms with Gasteiger partial charge in [0.05, 0.1) is 11.4 Å². The van der Waals surface area contributed by atoms with Crippen molar-refractivity contribution in [1.82, 2.24) is 0 Å². The third-order valence-corrected chi connectivity index (χ3v) is 10.2. The van der Waals surface area contributed by atoms with E-state index in [9.17, 15) is 0 Å². The molecule has 2 nitrogen and oxygen atoms in total. The summed E-state index contributed by atoms with van der Waals surface area (Å²) in [5, 5.41) is 7.02. The second kappa shape index (κ2) is 12.5. The summed E-state index contributed by atoms with van der Waals surface area (Å²) in [5.41, 5.74) is 12.1. The Hall–Kier alpha value is -6.90. The van der Waals surface area contributed by atoms with Crippen molar-refractivity contribution in [3.05, 3.63) is 200 Å². The predicted molar refractivity (Wildman–Crippen MR) is 220 cm³/mol. The van der Waals surface area contributed by atoms with Crippen LogP contribution in [0.4, 0.5) is 17.1 Å². The number of furan rings is 1. The van der Waals surface area contributed by atoms with Gasteiger partial charge in [-0.15, -0.1) is 0 Å². The van der Waals surface area contributed by atoms with Gasteiger partial charge in [0.1, 0.15) is 11.2 Å². The standard InChI is InChI=1S/C50H33NO/c1-3-14-34(15-4-1)41-28-27-40(33-44(41)36-16-5-2-6-17-36)51(48-25-13-21-35-18-9-10-22-42(35)48)47-24-12-11-23-43(47)39-26-29-49-45(31-39)46-30-37-19-7-8-20-38(37)32-50(46)52-49/h1-33H. The molecule has 0 saturated carbocycles. The van der Waals surface area contributed by atoms with Gasteiger partial charge in [0.25, 0.3) is 0 Å². The Bertz CT molecular complexity index is 2900. The fourth-order valence-corrected chi connectivity index (χ4v) is 7.75. The van der Waals surface area contributed by atoms with Gasteiger partial charge in [-0.25, -0.2) is 0 Å². The lowest BCUT2D eigenvalue weighted by atomic mass is 9.93. The zero-order valence-corrected chi connectivity index (χ0v) is 28.4. The third kappa shape index (κ3) is 5.12. The lowest BCUT2D eigenvalue weighted by Gasteiger charge is -2.30. The smallest absolute Gasteiger partial charge is 0.136 e. The van der Waals surface area contributed by atoms with E-state index in [4.69, 9.17) is 4.42 Å². The van der Waals surface area contributed by atoms with Crippen LogP contribution < -0.4 is 4.90 Å². The molecule has 0 aliphatic rings. The van der Waals surface area contributed by atoms with Gasteiger partial charge in [-0.2, -0.15) is 0 Å². The quantitative estimate of drug-likeness (QED) is 0.176. The van der Waals surface area contributed by atoms with E-state index in [1.165, 1.54) is 43.8 Å². The zero-order chi connectivity index (χ0) is 34.4. The van der Waals surface area contributed by atoms with Crippen LogP contribution in [0.3, 0.4) is 0 Å². The fraction of sp³-hybridized carbons (Fsp3) is 0. The van der Waals surface area contributed by atoms with Crippen LogP contribution in [-0.2, 0) is 0 Å². The lowest BCUT2D eigenvalue weighted by Crippen LogP contribution is -2.12. The van der Waals surface area contributed by atoms with Crippen LogP contribution in [0.2, 0.25) is 0 Å². The maximum atomic E-state index is 6.41. The van der Waals surface area contributed by atoms with Gasteiger partial charge in [-0.3, -0.25) is 0 Å². The number of rotatable bonds is 6. The molecular weight excluding hydrogens is 631 g/mol. The molecule has 10 rings (SSSR count). The summed E-state index contributed by atoms with van der Waals surface area (Å²) in [4.78, 5) is 2.43. The van der Waals surface area contributed by atoms with E-state index >= 15 is 0 Å². The summed E-state index contributed by atoms with van der Waals surface area (Å²) < 4.78 is 6.41. The summed E-state index contributed by atoms with van der Waals surface area (Å²) in [6.07, 6.45) is 0. The van der Waals surface area contributed by atoms with E-state index in [1.54, 1.807) is 0 Å². The number of para-hydroxylation sites is 1. The Kier molecular flexibility index (Phi) is 7.18. The second-order valence-corrected chi connectivity index (χ2v) is 13.3. The molecule has 10 aromatic rings. The van der Waals surface area contributed by atoms with Crippen molar-refractivity contribution in [1.29, 1.82) is 0 Å². The number of anilines is 3. The van der Waals surface area contributed by atoms with E-state index < -0.39 is 0 Å². The van der Waals surface area contributed by atoms with Gasteiger partial charge >= 0.3 is 0 Å². The molecule has 0 unspecified atom stereocenters. The number of nitrogens with zero attached hydrogens (tertiary/aromatic N) is 1. The van der Waals surface area contributed by atoms with Crippen molar-refractivity contribution in [3.8, 4) is 33.4 Å². The highest BCUT2D eigenvalue weighted by atomic mass is 16.3. The van der Waals surface area contributed by atoms with Crippen molar-refractivity contribution in [2.45, 2.75) is 0 Å². The maximum Gasteiger partial charge on any atom is 0.136 e. The number of fused-ring (bicyclic) bond motifs is 5. The molecular formula is C50H33NO. The van der Waals surface area contributed by atoms with Crippen molar-refractivity contribution >= 4 is 60.5 Å². The van der Waals surface area contributed by atoms with Crippen LogP contribution in [0.1, 0.15) is 0 Å². The Labute approximate surface area is 302 Å². The topological polar surface area (TPSA) is 16.4 Å². The summed E-state index contributed by atoms with van der Waals surface area (Å²) in [7, 11) is 0. The minimum absolute atomic E-state index is 0.890. The van der Waals surface area contributed by atoms with Crippen molar-refractivity contribution < 1.29 is 4.42 Å². The molecule has 0 bridgehead atoms. The Morgan fingerprint density at radius 2 is 0.923 bits per heavy atom. The average Bonchev–Trinajstić information content (AvgIpc) is 3.57. The van der Waals surface area contributed by atoms with Gasteiger partial charge in [-0.1, -0.05) is 152 Å². The van der Waals surface area contributed by atoms with E-state index in [1.807, 2.05) is 0 Å². The van der Waals surface area contributed by atoms with Crippen LogP contribution in [0.15, 0.2) is 205 Å². The van der Waals surface area contributed by atoms with Gasteiger partial charge in [0.2, 0.25) is 0 Å². The highest BCUT2D eigenvalue weighted by molar-refractivity contribution is 6.11. The number of benzene rings is 9. The van der Waals surface area contributed by atoms with Crippen molar-refractivity contribution in [3.63, 3.8) is 0 Å². The number of hydrogen-bond acceptors (Lipinski definition) is 2. The van der Waals surface area contributed by atoms with Crippen LogP contribution in [0.25, 0.3) is 76.9 Å². The maximum absolute atomic E-state index is 6.41. The van der Waals surface area contributed by atoms with E-state index in [-0.39, 0.29) is 0 Å². The molecule has 9 aromatic carbocycles. The molecule has 2 heteroatoms. The Balaban J connectivity index is 1.22. The van der Waals surface area contributed by atoms with Crippen LogP contribution in [-0.4, -0.2) is 0 Å². The first-order valence-corrected chi connectivity index (χ1v) is 17.8. The highest BCUT2D eigenvalue weighted by Crippen LogP contribution is 2.46. The highest BCUT2D eigenvalue weighted by Gasteiger charge is 2.21. The summed E-state index contributed by atoms with van der Waals surface area (Å²) in [5.74, 6) is 0. The van der Waals surface area contributed by atoms with E-state index in [0.29, 0.717) is 0 Å². The summed E-state index contributed by atoms with van der Waals surface area (Å²) in [6.45, 7) is 0. The molecule has 0 saturated heterocycles. The first kappa shape index (κ1) is 30.0. The molecule has 0 N–H and O–H groups in total. The molecule has 0 amide bonds. The third-order valence-electron chi connectivity index (χ3n) is 10.2. The van der Waals surface area contributed by atoms with Gasteiger partial charge < -0.3 is 9.32 Å². The molecule has 0 radical (unpaired) electrons. The zero-order valence-electron chi connectivity index (χ0n) is 28.4. The van der Waals surface area contributed by atoms with Gasteiger partial charge in [0.15, 0.2) is 0 Å².